The van der Waals surface area contributed by atoms with E-state index in [9.17, 15) is 13.8 Å². The van der Waals surface area contributed by atoms with Gasteiger partial charge in [0.05, 0.1) is 12.0 Å². The van der Waals surface area contributed by atoms with Crippen LogP contribution >= 0.6 is 0 Å². The Bertz CT molecular complexity index is 549. The highest BCUT2D eigenvalue weighted by atomic mass is 32.2. The lowest BCUT2D eigenvalue weighted by atomic mass is 10.1. The Labute approximate surface area is 127 Å². The predicted molar refractivity (Wildman–Crippen MR) is 82.9 cm³/mol. The maximum absolute atomic E-state index is 11.8. The maximum Gasteiger partial charge on any atom is 0.335 e. The number of carbonyl (C=O) groups excluding carboxylic acids is 1. The number of carbonyl (C=O) groups is 2. The summed E-state index contributed by atoms with van der Waals surface area (Å²) in [7, 11) is -1.00. The maximum atomic E-state index is 11.8. The Kier molecular flexibility index (Phi) is 6.08. The van der Waals surface area contributed by atoms with Crippen LogP contribution in [-0.2, 0) is 22.0 Å². The lowest BCUT2D eigenvalue weighted by Gasteiger charge is -2.17. The molecule has 1 unspecified atom stereocenters. The first-order valence-corrected chi connectivity index (χ1v) is 7.99. The largest absolute Gasteiger partial charge is 0.478 e. The molecular formula is C15H21NO4S. The van der Waals surface area contributed by atoms with Crippen LogP contribution in [0.4, 0.5) is 0 Å². The van der Waals surface area contributed by atoms with Crippen molar-refractivity contribution in [2.24, 2.45) is 0 Å². The molecule has 0 heterocycles. The zero-order valence-corrected chi connectivity index (χ0v) is 13.3. The van der Waals surface area contributed by atoms with Gasteiger partial charge in [0.15, 0.2) is 0 Å². The second kappa shape index (κ2) is 7.36. The van der Waals surface area contributed by atoms with Gasteiger partial charge < -0.3 is 10.4 Å². The van der Waals surface area contributed by atoms with Crippen molar-refractivity contribution in [2.75, 3.05) is 12.3 Å². The average molecular weight is 311 g/mol. The van der Waals surface area contributed by atoms with Gasteiger partial charge in [0.25, 0.3) is 0 Å². The third-order valence-corrected chi connectivity index (χ3v) is 4.77. The highest BCUT2D eigenvalue weighted by Crippen LogP contribution is 2.10. The van der Waals surface area contributed by atoms with E-state index in [0.717, 1.165) is 0 Å². The van der Waals surface area contributed by atoms with Crippen LogP contribution in [0.25, 0.3) is 0 Å². The van der Waals surface area contributed by atoms with Crippen LogP contribution in [0.15, 0.2) is 24.3 Å². The lowest BCUT2D eigenvalue weighted by Crippen LogP contribution is -2.33. The van der Waals surface area contributed by atoms with Crippen molar-refractivity contribution in [3.63, 3.8) is 0 Å². The van der Waals surface area contributed by atoms with Gasteiger partial charge in [0, 0.05) is 27.8 Å². The Morgan fingerprint density at radius 1 is 1.29 bits per heavy atom. The summed E-state index contributed by atoms with van der Waals surface area (Å²) in [5.41, 5.74) is 0.804. The van der Waals surface area contributed by atoms with Crippen LogP contribution in [0.2, 0.25) is 0 Å². The number of aromatic carboxylic acids is 1. The van der Waals surface area contributed by atoms with E-state index >= 15 is 0 Å². The summed E-state index contributed by atoms with van der Waals surface area (Å²) in [5, 5.41) is 11.6. The fourth-order valence-electron chi connectivity index (χ4n) is 1.65. The van der Waals surface area contributed by atoms with Gasteiger partial charge in [0.2, 0.25) is 5.91 Å². The van der Waals surface area contributed by atoms with Crippen molar-refractivity contribution in [1.82, 2.24) is 5.32 Å². The zero-order chi connectivity index (χ0) is 16.0. The molecule has 0 aliphatic rings. The van der Waals surface area contributed by atoms with Gasteiger partial charge in [-0.3, -0.25) is 9.00 Å². The van der Waals surface area contributed by atoms with E-state index in [1.165, 1.54) is 12.1 Å². The first kappa shape index (κ1) is 17.4. The number of benzene rings is 1. The molecule has 1 atom stereocenters. The number of amides is 1. The van der Waals surface area contributed by atoms with E-state index in [-0.39, 0.29) is 22.6 Å². The van der Waals surface area contributed by atoms with Gasteiger partial charge in [-0.2, -0.15) is 0 Å². The van der Waals surface area contributed by atoms with Gasteiger partial charge in [-0.1, -0.05) is 12.1 Å². The Hall–Kier alpha value is -1.69. The second-order valence-corrected chi connectivity index (χ2v) is 8.02. The molecule has 0 radical (unpaired) electrons. The molecule has 1 rings (SSSR count). The van der Waals surface area contributed by atoms with Crippen molar-refractivity contribution in [1.29, 1.82) is 0 Å². The molecule has 0 saturated heterocycles. The molecule has 0 saturated carbocycles. The van der Waals surface area contributed by atoms with Gasteiger partial charge in [-0.15, -0.1) is 0 Å². The molecule has 2 N–H and O–H groups in total. The summed E-state index contributed by atoms with van der Waals surface area (Å²) in [5.74, 6) is -0.814. The van der Waals surface area contributed by atoms with Crippen molar-refractivity contribution in [2.45, 2.75) is 31.9 Å². The molecular weight excluding hydrogens is 290 g/mol. The summed E-state index contributed by atoms with van der Waals surface area (Å²) in [6.45, 7) is 6.02. The summed E-state index contributed by atoms with van der Waals surface area (Å²) < 4.78 is 11.5. The van der Waals surface area contributed by atoms with Crippen LogP contribution in [-0.4, -0.2) is 38.2 Å². The van der Waals surface area contributed by atoms with E-state index in [4.69, 9.17) is 5.11 Å². The number of carboxylic acids is 1. The molecule has 6 heteroatoms. The minimum atomic E-state index is -1.02. The lowest BCUT2D eigenvalue weighted by molar-refractivity contribution is -0.120. The second-order valence-electron chi connectivity index (χ2n) is 5.69. The van der Waals surface area contributed by atoms with Crippen LogP contribution in [0.1, 0.15) is 36.7 Å². The third-order valence-electron chi connectivity index (χ3n) is 2.83. The van der Waals surface area contributed by atoms with Crippen molar-refractivity contribution >= 4 is 22.7 Å². The van der Waals surface area contributed by atoms with Crippen LogP contribution in [0.5, 0.6) is 0 Å². The van der Waals surface area contributed by atoms with E-state index in [2.05, 4.69) is 5.32 Å². The fourth-order valence-corrected chi connectivity index (χ4v) is 2.55. The quantitative estimate of drug-likeness (QED) is 0.835. The van der Waals surface area contributed by atoms with Crippen LogP contribution < -0.4 is 5.32 Å². The third kappa shape index (κ3) is 6.08. The fraction of sp³-hybridized carbons (Fsp3) is 0.467. The van der Waals surface area contributed by atoms with E-state index < -0.39 is 16.8 Å². The molecule has 0 aliphatic heterocycles. The molecule has 1 aromatic rings. The summed E-state index contributed by atoms with van der Waals surface area (Å²) in [6, 6.07) is 6.28. The number of carboxylic acid groups (broad SMARTS) is 1. The molecule has 116 valence electrons. The predicted octanol–water partition coefficient (Wildman–Crippen LogP) is 1.59. The number of nitrogens with one attached hydrogen (secondary N) is 1. The molecule has 0 aliphatic carbocycles. The van der Waals surface area contributed by atoms with Gasteiger partial charge in [-0.05, 0) is 38.5 Å². The molecule has 0 fully saturated rings. The highest BCUT2D eigenvalue weighted by molar-refractivity contribution is 7.86. The summed E-state index contributed by atoms with van der Waals surface area (Å²) in [4.78, 5) is 22.6. The minimum Gasteiger partial charge on any atom is -0.478 e. The molecule has 1 aromatic carbocycles. The van der Waals surface area contributed by atoms with Crippen molar-refractivity contribution < 1.29 is 18.9 Å². The Balaban J connectivity index is 2.46. The summed E-state index contributed by atoms with van der Waals surface area (Å²) >= 11 is 0. The molecule has 0 spiro atoms. The molecule has 5 nitrogen and oxygen atoms in total. The molecule has 0 aromatic heterocycles. The van der Waals surface area contributed by atoms with Gasteiger partial charge >= 0.3 is 5.97 Å². The average Bonchev–Trinajstić information content (AvgIpc) is 2.37. The summed E-state index contributed by atoms with van der Waals surface area (Å²) in [6.07, 6.45) is 0.114. The standard InChI is InChI=1S/C15H21NO4S/c1-15(2,3)21(20)8-7-16-13(17)10-11-5-4-6-12(9-11)14(18)19/h4-6,9H,7-8,10H2,1-3H3,(H,16,17)(H,18,19). The molecule has 21 heavy (non-hydrogen) atoms. The Morgan fingerprint density at radius 2 is 1.95 bits per heavy atom. The van der Waals surface area contributed by atoms with Gasteiger partial charge in [-0.25, -0.2) is 4.79 Å². The Morgan fingerprint density at radius 3 is 2.52 bits per heavy atom. The highest BCUT2D eigenvalue weighted by Gasteiger charge is 2.18. The minimum absolute atomic E-state index is 0.114. The zero-order valence-electron chi connectivity index (χ0n) is 12.5. The smallest absolute Gasteiger partial charge is 0.335 e. The van der Waals surface area contributed by atoms with Crippen molar-refractivity contribution in [3.8, 4) is 0 Å². The first-order chi connectivity index (χ1) is 9.70. The van der Waals surface area contributed by atoms with Gasteiger partial charge in [0.1, 0.15) is 0 Å². The van der Waals surface area contributed by atoms with E-state index in [1.54, 1.807) is 12.1 Å². The van der Waals surface area contributed by atoms with E-state index in [1.807, 2.05) is 20.8 Å². The topological polar surface area (TPSA) is 83.5 Å². The number of rotatable bonds is 6. The SMILES string of the molecule is CC(C)(C)S(=O)CCNC(=O)Cc1cccc(C(=O)O)c1. The van der Waals surface area contributed by atoms with Crippen LogP contribution in [0, 0.1) is 0 Å². The number of hydrogen-bond donors (Lipinski definition) is 2. The van der Waals surface area contributed by atoms with E-state index in [0.29, 0.717) is 17.9 Å². The molecule has 1 amide bonds. The monoisotopic (exact) mass is 311 g/mol. The number of hydrogen-bond acceptors (Lipinski definition) is 3. The van der Waals surface area contributed by atoms with Crippen molar-refractivity contribution in [3.05, 3.63) is 35.4 Å². The molecule has 0 bridgehead atoms. The van der Waals surface area contributed by atoms with Crippen LogP contribution in [0.3, 0.4) is 0 Å². The first-order valence-electron chi connectivity index (χ1n) is 6.67. The normalized spacial score (nSPS) is 12.7.